The molecule has 0 aromatic heterocycles. The van der Waals surface area contributed by atoms with Crippen LogP contribution in [0.15, 0.2) is 29.4 Å². The Balaban J connectivity index is 1.79. The molecule has 1 amide bonds. The van der Waals surface area contributed by atoms with Gasteiger partial charge in [-0.1, -0.05) is 23.7 Å². The molecule has 1 saturated carbocycles. The SMILES string of the molecule is O=C1C2CCCC2=NN1Cc1cccc(Cl)c1. The third kappa shape index (κ3) is 1.95. The maximum Gasteiger partial charge on any atom is 0.251 e. The second-order valence-corrected chi connectivity index (χ2v) is 5.00. The largest absolute Gasteiger partial charge is 0.272 e. The van der Waals surface area contributed by atoms with Gasteiger partial charge in [-0.2, -0.15) is 5.10 Å². The summed E-state index contributed by atoms with van der Waals surface area (Å²) in [5, 5.41) is 6.70. The first-order valence-corrected chi connectivity index (χ1v) is 6.25. The van der Waals surface area contributed by atoms with Crippen molar-refractivity contribution in [2.75, 3.05) is 0 Å². The van der Waals surface area contributed by atoms with Crippen LogP contribution in [-0.4, -0.2) is 16.6 Å². The van der Waals surface area contributed by atoms with E-state index in [0.717, 1.165) is 30.5 Å². The molecule has 1 aliphatic heterocycles. The van der Waals surface area contributed by atoms with Gasteiger partial charge in [-0.15, -0.1) is 0 Å². The van der Waals surface area contributed by atoms with Gasteiger partial charge in [0.1, 0.15) is 0 Å². The molecule has 0 bridgehead atoms. The number of carbonyl (C=O) groups excluding carboxylic acids is 1. The predicted molar refractivity (Wildman–Crippen MR) is 66.8 cm³/mol. The minimum Gasteiger partial charge on any atom is -0.272 e. The van der Waals surface area contributed by atoms with Crippen molar-refractivity contribution in [2.45, 2.75) is 25.8 Å². The highest BCUT2D eigenvalue weighted by Gasteiger charge is 2.38. The number of rotatable bonds is 2. The van der Waals surface area contributed by atoms with Gasteiger partial charge in [0, 0.05) is 5.02 Å². The first kappa shape index (κ1) is 10.8. The highest BCUT2D eigenvalue weighted by molar-refractivity contribution is 6.30. The van der Waals surface area contributed by atoms with E-state index >= 15 is 0 Å². The summed E-state index contributed by atoms with van der Waals surface area (Å²) in [4.78, 5) is 12.1. The molecule has 2 aliphatic rings. The zero-order valence-corrected chi connectivity index (χ0v) is 10.2. The first-order chi connectivity index (χ1) is 8.24. The molecule has 1 fully saturated rings. The van der Waals surface area contributed by atoms with Crippen LogP contribution in [0.4, 0.5) is 0 Å². The summed E-state index contributed by atoms with van der Waals surface area (Å²) in [5.41, 5.74) is 2.09. The van der Waals surface area contributed by atoms with E-state index in [9.17, 15) is 4.79 Å². The zero-order chi connectivity index (χ0) is 11.8. The van der Waals surface area contributed by atoms with Crippen LogP contribution in [0.2, 0.25) is 5.02 Å². The van der Waals surface area contributed by atoms with Gasteiger partial charge in [0.25, 0.3) is 5.91 Å². The van der Waals surface area contributed by atoms with Crippen molar-refractivity contribution >= 4 is 23.2 Å². The van der Waals surface area contributed by atoms with Gasteiger partial charge in [0.2, 0.25) is 0 Å². The number of hydrogen-bond acceptors (Lipinski definition) is 2. The molecule has 1 aromatic carbocycles. The Morgan fingerprint density at radius 2 is 2.35 bits per heavy atom. The van der Waals surface area contributed by atoms with Crippen LogP contribution >= 0.6 is 11.6 Å². The number of nitrogens with zero attached hydrogens (tertiary/aromatic N) is 2. The second kappa shape index (κ2) is 4.15. The highest BCUT2D eigenvalue weighted by Crippen LogP contribution is 2.31. The lowest BCUT2D eigenvalue weighted by Crippen LogP contribution is -2.25. The Morgan fingerprint density at radius 1 is 1.47 bits per heavy atom. The van der Waals surface area contributed by atoms with Crippen molar-refractivity contribution in [1.29, 1.82) is 0 Å². The molecule has 17 heavy (non-hydrogen) atoms. The van der Waals surface area contributed by atoms with E-state index in [2.05, 4.69) is 5.10 Å². The smallest absolute Gasteiger partial charge is 0.251 e. The summed E-state index contributed by atoms with van der Waals surface area (Å²) >= 11 is 5.92. The summed E-state index contributed by atoms with van der Waals surface area (Å²) in [6, 6.07) is 7.57. The third-order valence-electron chi connectivity index (χ3n) is 3.35. The van der Waals surface area contributed by atoms with Crippen LogP contribution in [0.5, 0.6) is 0 Å². The van der Waals surface area contributed by atoms with Gasteiger partial charge >= 0.3 is 0 Å². The average Bonchev–Trinajstić information content (AvgIpc) is 2.84. The van der Waals surface area contributed by atoms with Crippen LogP contribution in [0, 0.1) is 5.92 Å². The summed E-state index contributed by atoms with van der Waals surface area (Å²) in [6.07, 6.45) is 3.03. The summed E-state index contributed by atoms with van der Waals surface area (Å²) in [7, 11) is 0. The topological polar surface area (TPSA) is 32.7 Å². The lowest BCUT2D eigenvalue weighted by molar-refractivity contribution is -0.132. The molecule has 88 valence electrons. The van der Waals surface area contributed by atoms with Crippen molar-refractivity contribution < 1.29 is 4.79 Å². The molecule has 1 aromatic rings. The molecule has 1 unspecified atom stereocenters. The zero-order valence-electron chi connectivity index (χ0n) is 9.40. The average molecular weight is 249 g/mol. The quantitative estimate of drug-likeness (QED) is 0.792. The normalized spacial score (nSPS) is 22.9. The molecule has 4 heteroatoms. The molecule has 1 aliphatic carbocycles. The summed E-state index contributed by atoms with van der Waals surface area (Å²) in [6.45, 7) is 0.527. The van der Waals surface area contributed by atoms with E-state index in [1.165, 1.54) is 0 Å². The molecular formula is C13H13ClN2O. The van der Waals surface area contributed by atoms with Crippen molar-refractivity contribution in [2.24, 2.45) is 11.0 Å². The van der Waals surface area contributed by atoms with Gasteiger partial charge in [-0.25, -0.2) is 5.01 Å². The van der Waals surface area contributed by atoms with Crippen LogP contribution in [0.3, 0.4) is 0 Å². The van der Waals surface area contributed by atoms with Crippen LogP contribution in [0.1, 0.15) is 24.8 Å². The molecule has 3 nitrogen and oxygen atoms in total. The molecule has 1 heterocycles. The van der Waals surface area contributed by atoms with Crippen molar-refractivity contribution in [3.05, 3.63) is 34.9 Å². The van der Waals surface area contributed by atoms with E-state index in [1.54, 1.807) is 5.01 Å². The minimum absolute atomic E-state index is 0.0641. The predicted octanol–water partition coefficient (Wildman–Crippen LogP) is 2.84. The maximum atomic E-state index is 12.1. The van der Waals surface area contributed by atoms with Crippen LogP contribution in [0.25, 0.3) is 0 Å². The Morgan fingerprint density at radius 3 is 3.12 bits per heavy atom. The first-order valence-electron chi connectivity index (χ1n) is 5.87. The monoisotopic (exact) mass is 248 g/mol. The second-order valence-electron chi connectivity index (χ2n) is 4.56. The van der Waals surface area contributed by atoms with Crippen LogP contribution in [-0.2, 0) is 11.3 Å². The number of halogens is 1. The van der Waals surface area contributed by atoms with E-state index in [-0.39, 0.29) is 11.8 Å². The van der Waals surface area contributed by atoms with E-state index in [0.29, 0.717) is 11.6 Å². The van der Waals surface area contributed by atoms with Gasteiger partial charge in [0.15, 0.2) is 0 Å². The molecule has 0 spiro atoms. The lowest BCUT2D eigenvalue weighted by Gasteiger charge is -2.13. The van der Waals surface area contributed by atoms with E-state index in [4.69, 9.17) is 11.6 Å². The third-order valence-corrected chi connectivity index (χ3v) is 3.59. The van der Waals surface area contributed by atoms with Crippen LogP contribution < -0.4 is 0 Å². The summed E-state index contributed by atoms with van der Waals surface area (Å²) in [5.74, 6) is 0.214. The number of hydrazone groups is 1. The molecule has 0 radical (unpaired) electrons. The van der Waals surface area contributed by atoms with Gasteiger partial charge in [-0.3, -0.25) is 4.79 Å². The Hall–Kier alpha value is -1.35. The Labute approximate surface area is 105 Å². The molecule has 3 rings (SSSR count). The van der Waals surface area contributed by atoms with E-state index < -0.39 is 0 Å². The number of carbonyl (C=O) groups is 1. The van der Waals surface area contributed by atoms with E-state index in [1.807, 2.05) is 24.3 Å². The molecule has 0 N–H and O–H groups in total. The molecule has 0 saturated heterocycles. The lowest BCUT2D eigenvalue weighted by atomic mass is 10.1. The maximum absolute atomic E-state index is 12.1. The standard InChI is InChI=1S/C13H13ClN2O/c14-10-4-1-3-9(7-10)8-16-13(17)11-5-2-6-12(11)15-16/h1,3-4,7,11H,2,5-6,8H2. The Bertz CT molecular complexity index is 498. The number of fused-ring (bicyclic) bond motifs is 1. The summed E-state index contributed by atoms with van der Waals surface area (Å²) < 4.78 is 0. The molecule has 1 atom stereocenters. The highest BCUT2D eigenvalue weighted by atomic mass is 35.5. The van der Waals surface area contributed by atoms with Crippen molar-refractivity contribution in [1.82, 2.24) is 5.01 Å². The van der Waals surface area contributed by atoms with Gasteiger partial charge < -0.3 is 0 Å². The fraction of sp³-hybridized carbons (Fsp3) is 0.385. The number of amides is 1. The van der Waals surface area contributed by atoms with Gasteiger partial charge in [0.05, 0.1) is 18.2 Å². The fourth-order valence-electron chi connectivity index (χ4n) is 2.52. The van der Waals surface area contributed by atoms with Crippen molar-refractivity contribution in [3.63, 3.8) is 0 Å². The molecular weight excluding hydrogens is 236 g/mol. The number of hydrogen-bond donors (Lipinski definition) is 0. The van der Waals surface area contributed by atoms with Gasteiger partial charge in [-0.05, 0) is 37.0 Å². The van der Waals surface area contributed by atoms with Crippen molar-refractivity contribution in [3.8, 4) is 0 Å². The number of benzene rings is 1. The Kier molecular flexibility index (Phi) is 2.63. The minimum atomic E-state index is 0.0641. The fourth-order valence-corrected chi connectivity index (χ4v) is 2.73.